The molecule has 0 unspecified atom stereocenters. The summed E-state index contributed by atoms with van der Waals surface area (Å²) in [4.78, 5) is 32.1. The van der Waals surface area contributed by atoms with Gasteiger partial charge >= 0.3 is 0 Å². The van der Waals surface area contributed by atoms with E-state index in [1.165, 1.54) is 29.5 Å². The van der Waals surface area contributed by atoms with Crippen molar-refractivity contribution >= 4 is 51.8 Å². The van der Waals surface area contributed by atoms with Gasteiger partial charge in [-0.15, -0.1) is 0 Å². The molecule has 10 nitrogen and oxygen atoms in total. The number of nitro benzene ring substituents is 1. The summed E-state index contributed by atoms with van der Waals surface area (Å²) in [7, 11) is 0. The van der Waals surface area contributed by atoms with Gasteiger partial charge in [-0.1, -0.05) is 24.3 Å². The number of hydrogen-bond acceptors (Lipinski definition) is 9. The Kier molecular flexibility index (Phi) is 5.98. The van der Waals surface area contributed by atoms with Crippen LogP contribution in [0.4, 0.5) is 29.0 Å². The van der Waals surface area contributed by atoms with Crippen LogP contribution in [0.3, 0.4) is 0 Å². The molecular formula is C24H20N8O2S. The molecule has 0 bridgehead atoms. The van der Waals surface area contributed by atoms with E-state index in [0.29, 0.717) is 21.9 Å². The predicted molar refractivity (Wildman–Crippen MR) is 136 cm³/mol. The smallest absolute Gasteiger partial charge is 0.271 e. The molecule has 35 heavy (non-hydrogen) atoms. The third-order valence-electron chi connectivity index (χ3n) is 5.25. The minimum Gasteiger partial charge on any atom is -0.333 e. The van der Waals surface area contributed by atoms with Crippen molar-refractivity contribution in [3.63, 3.8) is 0 Å². The van der Waals surface area contributed by atoms with Gasteiger partial charge in [0.2, 0.25) is 17.1 Å². The van der Waals surface area contributed by atoms with Crippen molar-refractivity contribution in [2.24, 2.45) is 0 Å². The molecule has 0 atom stereocenters. The first-order valence-corrected chi connectivity index (χ1v) is 11.5. The van der Waals surface area contributed by atoms with Crippen molar-refractivity contribution in [2.75, 3.05) is 10.6 Å². The second-order valence-electron chi connectivity index (χ2n) is 7.78. The van der Waals surface area contributed by atoms with Crippen LogP contribution in [0.15, 0.2) is 77.0 Å². The van der Waals surface area contributed by atoms with Gasteiger partial charge in [-0.25, -0.2) is 4.98 Å². The maximum absolute atomic E-state index is 11.2. The van der Waals surface area contributed by atoms with Gasteiger partial charge in [-0.05, 0) is 67.1 Å². The van der Waals surface area contributed by atoms with Gasteiger partial charge in [0.25, 0.3) is 5.69 Å². The number of aromatic amines is 1. The summed E-state index contributed by atoms with van der Waals surface area (Å²) in [6.07, 6.45) is 0. The molecule has 0 amide bonds. The molecule has 3 N–H and O–H groups in total. The summed E-state index contributed by atoms with van der Waals surface area (Å²) in [6.45, 7) is 4.08. The quantitative estimate of drug-likeness (QED) is 0.190. The molecule has 0 aliphatic rings. The molecule has 3 aromatic carbocycles. The van der Waals surface area contributed by atoms with Crippen LogP contribution in [0.25, 0.3) is 11.0 Å². The Bertz CT molecular complexity index is 1520. The fourth-order valence-electron chi connectivity index (χ4n) is 3.35. The summed E-state index contributed by atoms with van der Waals surface area (Å²) in [5.74, 6) is 0.570. The van der Waals surface area contributed by atoms with Crippen LogP contribution in [-0.2, 0) is 0 Å². The minimum absolute atomic E-state index is 0.0330. The van der Waals surface area contributed by atoms with E-state index in [1.807, 2.05) is 56.3 Å². The maximum atomic E-state index is 11.2. The lowest BCUT2D eigenvalue weighted by Crippen LogP contribution is -2.05. The number of nitro groups is 1. The van der Waals surface area contributed by atoms with Crippen molar-refractivity contribution in [1.29, 1.82) is 0 Å². The number of imidazole rings is 1. The Morgan fingerprint density at radius 3 is 2.29 bits per heavy atom. The molecule has 0 saturated heterocycles. The number of benzene rings is 3. The van der Waals surface area contributed by atoms with Crippen LogP contribution >= 0.6 is 11.8 Å². The molecule has 2 aromatic heterocycles. The van der Waals surface area contributed by atoms with Crippen molar-refractivity contribution < 1.29 is 4.92 Å². The number of para-hydroxylation sites is 2. The Balaban J connectivity index is 1.49. The Morgan fingerprint density at radius 1 is 0.829 bits per heavy atom. The third kappa shape index (κ3) is 5.20. The molecule has 0 spiro atoms. The number of hydrogen-bond donors (Lipinski definition) is 3. The van der Waals surface area contributed by atoms with Gasteiger partial charge in [-0.2, -0.15) is 15.0 Å². The second kappa shape index (κ2) is 9.39. The van der Waals surface area contributed by atoms with Crippen LogP contribution in [0.2, 0.25) is 0 Å². The van der Waals surface area contributed by atoms with Gasteiger partial charge in [0.15, 0.2) is 5.16 Å². The molecule has 0 saturated carbocycles. The third-order valence-corrected chi connectivity index (χ3v) is 6.00. The van der Waals surface area contributed by atoms with Crippen molar-refractivity contribution in [1.82, 2.24) is 24.9 Å². The average molecular weight is 485 g/mol. The topological polar surface area (TPSA) is 135 Å². The monoisotopic (exact) mass is 484 g/mol. The molecule has 174 valence electrons. The number of non-ortho nitro benzene ring substituents is 1. The first-order chi connectivity index (χ1) is 16.9. The zero-order valence-electron chi connectivity index (χ0n) is 18.8. The van der Waals surface area contributed by atoms with Crippen molar-refractivity contribution in [2.45, 2.75) is 24.2 Å². The molecule has 0 radical (unpaired) electrons. The molecule has 2 heterocycles. The maximum Gasteiger partial charge on any atom is 0.271 e. The zero-order valence-corrected chi connectivity index (χ0v) is 19.6. The number of fused-ring (bicyclic) bond motifs is 1. The Hall–Kier alpha value is -4.51. The molecule has 11 heteroatoms. The average Bonchev–Trinajstić information content (AvgIpc) is 3.24. The fraction of sp³-hybridized carbons (Fsp3) is 0.0833. The summed E-state index contributed by atoms with van der Waals surface area (Å²) in [5, 5.41) is 18.5. The van der Waals surface area contributed by atoms with Crippen LogP contribution in [-0.4, -0.2) is 29.8 Å². The van der Waals surface area contributed by atoms with Crippen LogP contribution in [0.5, 0.6) is 0 Å². The van der Waals surface area contributed by atoms with E-state index in [2.05, 4.69) is 35.6 Å². The lowest BCUT2D eigenvalue weighted by molar-refractivity contribution is -0.384. The van der Waals surface area contributed by atoms with Gasteiger partial charge < -0.3 is 15.6 Å². The van der Waals surface area contributed by atoms with E-state index >= 15 is 0 Å². The number of nitrogens with one attached hydrogen (secondary N) is 3. The Morgan fingerprint density at radius 2 is 1.57 bits per heavy atom. The summed E-state index contributed by atoms with van der Waals surface area (Å²) in [5.41, 5.74) is 5.35. The number of anilines is 4. The number of rotatable bonds is 7. The first-order valence-electron chi connectivity index (χ1n) is 10.7. The van der Waals surface area contributed by atoms with E-state index in [9.17, 15) is 10.1 Å². The van der Waals surface area contributed by atoms with E-state index < -0.39 is 4.92 Å². The van der Waals surface area contributed by atoms with Crippen molar-refractivity contribution in [3.8, 4) is 0 Å². The van der Waals surface area contributed by atoms with Gasteiger partial charge in [0.05, 0.1) is 16.0 Å². The SMILES string of the molecule is Cc1ccc(Nc2nc(Nc3cccc([N+](=O)[O-])c3)nc(Sc3nc4ccccc4[nH]3)n2)cc1C. The van der Waals surface area contributed by atoms with Crippen LogP contribution in [0, 0.1) is 24.0 Å². The predicted octanol–water partition coefficient (Wildman–Crippen LogP) is 5.91. The normalized spacial score (nSPS) is 10.9. The van der Waals surface area contributed by atoms with E-state index in [1.54, 1.807) is 12.1 Å². The molecule has 0 aliphatic heterocycles. The largest absolute Gasteiger partial charge is 0.333 e. The highest BCUT2D eigenvalue weighted by atomic mass is 32.2. The number of aromatic nitrogens is 5. The van der Waals surface area contributed by atoms with Crippen molar-refractivity contribution in [3.05, 3.63) is 88.0 Å². The lowest BCUT2D eigenvalue weighted by atomic mass is 10.1. The molecule has 0 aliphatic carbocycles. The number of nitrogens with zero attached hydrogens (tertiary/aromatic N) is 5. The standard InChI is InChI=1S/C24H20N8O2S/c1-14-10-11-17(12-15(14)2)26-22-29-21(25-16-6-5-7-18(13-16)32(33)34)30-24(31-22)35-23-27-19-8-3-4-9-20(19)28-23/h3-13H,1-2H3,(H,27,28)(H2,25,26,29,30,31). The zero-order chi connectivity index (χ0) is 24.4. The Labute approximate surface area is 204 Å². The van der Waals surface area contributed by atoms with Gasteiger partial charge in [0.1, 0.15) is 0 Å². The fourth-order valence-corrected chi connectivity index (χ4v) is 4.09. The molecule has 5 rings (SSSR count). The van der Waals surface area contributed by atoms with Crippen LogP contribution in [0.1, 0.15) is 11.1 Å². The van der Waals surface area contributed by atoms with E-state index in [4.69, 9.17) is 0 Å². The molecule has 0 fully saturated rings. The molecule has 5 aromatic rings. The van der Waals surface area contributed by atoms with E-state index in [0.717, 1.165) is 22.3 Å². The van der Waals surface area contributed by atoms with Gasteiger partial charge in [0, 0.05) is 23.5 Å². The first kappa shape index (κ1) is 22.3. The number of H-pyrrole nitrogens is 1. The van der Waals surface area contributed by atoms with Gasteiger partial charge in [-0.3, -0.25) is 10.1 Å². The highest BCUT2D eigenvalue weighted by Gasteiger charge is 2.13. The minimum atomic E-state index is -0.450. The summed E-state index contributed by atoms with van der Waals surface area (Å²) in [6, 6.07) is 19.9. The lowest BCUT2D eigenvalue weighted by Gasteiger charge is -2.11. The second-order valence-corrected chi connectivity index (χ2v) is 8.74. The summed E-state index contributed by atoms with van der Waals surface area (Å²) < 4.78 is 0. The van der Waals surface area contributed by atoms with Crippen LogP contribution < -0.4 is 10.6 Å². The summed E-state index contributed by atoms with van der Waals surface area (Å²) >= 11 is 1.26. The molecular weight excluding hydrogens is 464 g/mol. The number of aryl methyl sites for hydroxylation is 2. The highest BCUT2D eigenvalue weighted by Crippen LogP contribution is 2.28. The van der Waals surface area contributed by atoms with E-state index in [-0.39, 0.29) is 11.6 Å². The highest BCUT2D eigenvalue weighted by molar-refractivity contribution is 7.99.